The van der Waals surface area contributed by atoms with E-state index in [1.165, 1.54) is 0 Å². The van der Waals surface area contributed by atoms with Gasteiger partial charge in [-0.05, 0) is 19.4 Å². The Kier molecular flexibility index (Phi) is 7.38. The van der Waals surface area contributed by atoms with Crippen LogP contribution in [0.25, 0.3) is 0 Å². The Labute approximate surface area is 93.6 Å². The van der Waals surface area contributed by atoms with Crippen LogP contribution >= 0.6 is 0 Å². The maximum Gasteiger partial charge on any atom is 0.0513 e. The van der Waals surface area contributed by atoms with Crippen molar-refractivity contribution in [2.45, 2.75) is 20.8 Å². The normalized spacial score (nSPS) is 13.0. The number of hydrazine groups is 1. The van der Waals surface area contributed by atoms with E-state index in [0.29, 0.717) is 0 Å². The Bertz CT molecular complexity index is 272. The zero-order chi connectivity index (χ0) is 11.7. The third-order valence-corrected chi connectivity index (χ3v) is 2.02. The topological polar surface area (TPSA) is 15.3 Å². The lowest BCUT2D eigenvalue weighted by Gasteiger charge is -2.19. The van der Waals surface area contributed by atoms with Gasteiger partial charge in [-0.25, -0.2) is 5.01 Å². The minimum atomic E-state index is 0.948. The number of rotatable bonds is 6. The Morgan fingerprint density at radius 1 is 1.33 bits per heavy atom. The second-order valence-corrected chi connectivity index (χ2v) is 3.24. The fourth-order valence-corrected chi connectivity index (χ4v) is 0.979. The van der Waals surface area contributed by atoms with Gasteiger partial charge in [-0.15, -0.1) is 0 Å². The molecule has 0 bridgehead atoms. The van der Waals surface area contributed by atoms with Gasteiger partial charge in [0.15, 0.2) is 0 Å². The fourth-order valence-electron chi connectivity index (χ4n) is 0.979. The molecule has 1 N–H and O–H groups in total. The molecule has 2 heteroatoms. The van der Waals surface area contributed by atoms with Crippen molar-refractivity contribution in [1.29, 1.82) is 0 Å². The van der Waals surface area contributed by atoms with Crippen molar-refractivity contribution in [3.63, 3.8) is 0 Å². The molecule has 15 heavy (non-hydrogen) atoms. The molecule has 0 radical (unpaired) electrons. The number of nitrogens with zero attached hydrogens (tertiary/aromatic N) is 1. The maximum atomic E-state index is 4.01. The van der Waals surface area contributed by atoms with E-state index in [2.05, 4.69) is 18.9 Å². The van der Waals surface area contributed by atoms with Crippen molar-refractivity contribution in [2.24, 2.45) is 0 Å². The Morgan fingerprint density at radius 2 is 2.00 bits per heavy atom. The summed E-state index contributed by atoms with van der Waals surface area (Å²) in [5.74, 6) is 0. The average molecular weight is 206 g/mol. The van der Waals surface area contributed by atoms with E-state index in [4.69, 9.17) is 0 Å². The van der Waals surface area contributed by atoms with E-state index in [0.717, 1.165) is 17.8 Å². The molecule has 0 aromatic carbocycles. The zero-order valence-corrected chi connectivity index (χ0v) is 10.2. The lowest BCUT2D eigenvalue weighted by molar-refractivity contribution is 0.282. The van der Waals surface area contributed by atoms with Crippen molar-refractivity contribution in [3.05, 3.63) is 48.2 Å². The van der Waals surface area contributed by atoms with E-state index in [-0.39, 0.29) is 0 Å². The minimum absolute atomic E-state index is 0.948. The molecule has 0 atom stereocenters. The first-order valence-corrected chi connectivity index (χ1v) is 5.28. The molecule has 0 heterocycles. The highest BCUT2D eigenvalue weighted by molar-refractivity contribution is 5.36. The summed E-state index contributed by atoms with van der Waals surface area (Å²) in [6.07, 6.45) is 9.98. The summed E-state index contributed by atoms with van der Waals surface area (Å²) < 4.78 is 0. The Balaban J connectivity index is 4.36. The third kappa shape index (κ3) is 5.92. The maximum absolute atomic E-state index is 4.01. The monoisotopic (exact) mass is 206 g/mol. The first kappa shape index (κ1) is 13.7. The summed E-state index contributed by atoms with van der Waals surface area (Å²) in [5.41, 5.74) is 5.29. The van der Waals surface area contributed by atoms with E-state index in [1.807, 2.05) is 56.3 Å². The van der Waals surface area contributed by atoms with E-state index in [1.54, 1.807) is 0 Å². The molecule has 0 aromatic rings. The third-order valence-electron chi connectivity index (χ3n) is 2.02. The molecule has 0 aliphatic rings. The highest BCUT2D eigenvalue weighted by Gasteiger charge is 1.99. The van der Waals surface area contributed by atoms with Crippen LogP contribution in [-0.2, 0) is 0 Å². The van der Waals surface area contributed by atoms with Gasteiger partial charge in [-0.3, -0.25) is 0 Å². The quantitative estimate of drug-likeness (QED) is 0.531. The van der Waals surface area contributed by atoms with Gasteiger partial charge in [0.1, 0.15) is 0 Å². The molecule has 84 valence electrons. The van der Waals surface area contributed by atoms with Crippen molar-refractivity contribution >= 4 is 0 Å². The summed E-state index contributed by atoms with van der Waals surface area (Å²) >= 11 is 0. The van der Waals surface area contributed by atoms with Gasteiger partial charge in [0.05, 0.1) is 5.70 Å². The molecule has 0 amide bonds. The fraction of sp³-hybridized carbons (Fsp3) is 0.385. The molecule has 0 aromatic heterocycles. The first-order valence-electron chi connectivity index (χ1n) is 5.28. The van der Waals surface area contributed by atoms with Crippen LogP contribution in [0.5, 0.6) is 0 Å². The molecule has 0 spiro atoms. The summed E-state index contributed by atoms with van der Waals surface area (Å²) in [7, 11) is 2.01. The Morgan fingerprint density at radius 3 is 2.47 bits per heavy atom. The average Bonchev–Trinajstić information content (AvgIpc) is 2.25. The predicted molar refractivity (Wildman–Crippen MR) is 68.3 cm³/mol. The summed E-state index contributed by atoms with van der Waals surface area (Å²) in [6, 6.07) is 0. The molecular weight excluding hydrogens is 184 g/mol. The smallest absolute Gasteiger partial charge is 0.0513 e. The second-order valence-electron chi connectivity index (χ2n) is 3.24. The predicted octanol–water partition coefficient (Wildman–Crippen LogP) is 3.04. The van der Waals surface area contributed by atoms with Gasteiger partial charge in [0.25, 0.3) is 0 Å². The van der Waals surface area contributed by atoms with Crippen LogP contribution < -0.4 is 5.43 Å². The first-order chi connectivity index (χ1) is 7.15. The molecular formula is C13H22N2. The number of nitrogens with one attached hydrogen (secondary N) is 1. The van der Waals surface area contributed by atoms with Crippen molar-refractivity contribution < 1.29 is 0 Å². The van der Waals surface area contributed by atoms with Gasteiger partial charge in [0, 0.05) is 13.6 Å². The molecule has 0 rings (SSSR count). The van der Waals surface area contributed by atoms with Crippen LogP contribution in [0.4, 0.5) is 0 Å². The van der Waals surface area contributed by atoms with Gasteiger partial charge >= 0.3 is 0 Å². The molecule has 0 saturated heterocycles. The van der Waals surface area contributed by atoms with Crippen LogP contribution in [-0.4, -0.2) is 18.6 Å². The highest BCUT2D eigenvalue weighted by Crippen LogP contribution is 2.06. The molecule has 2 nitrogen and oxygen atoms in total. The number of allylic oxidation sites excluding steroid dienone is 5. The van der Waals surface area contributed by atoms with Crippen LogP contribution in [0.15, 0.2) is 48.2 Å². The lowest BCUT2D eigenvalue weighted by atomic mass is 10.2. The van der Waals surface area contributed by atoms with Gasteiger partial charge in [0.2, 0.25) is 0 Å². The molecule has 0 unspecified atom stereocenters. The van der Waals surface area contributed by atoms with Crippen LogP contribution in [0, 0.1) is 0 Å². The van der Waals surface area contributed by atoms with Crippen molar-refractivity contribution in [1.82, 2.24) is 10.4 Å². The second kappa shape index (κ2) is 8.06. The molecule has 0 saturated carbocycles. The number of hydrogen-bond acceptors (Lipinski definition) is 2. The molecule has 0 fully saturated rings. The van der Waals surface area contributed by atoms with Crippen LogP contribution in [0.1, 0.15) is 20.8 Å². The highest BCUT2D eigenvalue weighted by atomic mass is 15.5. The van der Waals surface area contributed by atoms with E-state index >= 15 is 0 Å². The van der Waals surface area contributed by atoms with Crippen LogP contribution in [0.2, 0.25) is 0 Å². The summed E-state index contributed by atoms with van der Waals surface area (Å²) in [4.78, 5) is 0. The largest absolute Gasteiger partial charge is 0.319 e. The van der Waals surface area contributed by atoms with Gasteiger partial charge < -0.3 is 5.43 Å². The molecule has 0 aliphatic heterocycles. The van der Waals surface area contributed by atoms with Gasteiger partial charge in [-0.2, -0.15) is 0 Å². The summed E-state index contributed by atoms with van der Waals surface area (Å²) in [5, 5.41) is 2.02. The summed E-state index contributed by atoms with van der Waals surface area (Å²) in [6.45, 7) is 11.0. The van der Waals surface area contributed by atoms with E-state index in [9.17, 15) is 0 Å². The lowest BCUT2D eigenvalue weighted by Crippen LogP contribution is -2.33. The van der Waals surface area contributed by atoms with Crippen molar-refractivity contribution in [3.8, 4) is 0 Å². The molecule has 0 aliphatic carbocycles. The Hall–Kier alpha value is -1.28. The minimum Gasteiger partial charge on any atom is -0.319 e. The zero-order valence-electron chi connectivity index (χ0n) is 10.2. The standard InChI is InChI=1S/C13H22N2/c1-6-9-10-11-12(4)13(7-2)14-15(5)8-3/h6-7,9-11,14H,4,8H2,1-3,5H3/b9-6-,11-10-,13-7-. The van der Waals surface area contributed by atoms with Crippen molar-refractivity contribution in [2.75, 3.05) is 13.6 Å². The van der Waals surface area contributed by atoms with Gasteiger partial charge in [-0.1, -0.05) is 43.9 Å². The van der Waals surface area contributed by atoms with E-state index < -0.39 is 0 Å². The van der Waals surface area contributed by atoms with Crippen LogP contribution in [0.3, 0.4) is 0 Å². The SMILES string of the molecule is C=C(/C=C\C=C/C)/C(=C/C)NN(C)CC. The number of hydrogen-bond donors (Lipinski definition) is 1.